The van der Waals surface area contributed by atoms with Crippen LogP contribution in [0.2, 0.25) is 0 Å². The van der Waals surface area contributed by atoms with Crippen molar-refractivity contribution < 1.29 is 9.47 Å². The van der Waals surface area contributed by atoms with Crippen LogP contribution in [-0.4, -0.2) is 19.0 Å². The van der Waals surface area contributed by atoms with E-state index < -0.39 is 0 Å². The third kappa shape index (κ3) is 3.15. The van der Waals surface area contributed by atoms with Crippen molar-refractivity contribution in [2.75, 3.05) is 13.2 Å². The summed E-state index contributed by atoms with van der Waals surface area (Å²) < 4.78 is 11.0. The Kier molecular flexibility index (Phi) is 4.64. The van der Waals surface area contributed by atoms with Crippen LogP contribution in [0.5, 0.6) is 11.5 Å². The zero-order valence-corrected chi connectivity index (χ0v) is 9.75. The average molecular weight is 222 g/mol. The van der Waals surface area contributed by atoms with Gasteiger partial charge in [0.15, 0.2) is 11.5 Å². The number of ether oxygens (including phenoxy) is 2. The molecule has 16 heavy (non-hydrogen) atoms. The van der Waals surface area contributed by atoms with Crippen LogP contribution < -0.4 is 15.2 Å². The van der Waals surface area contributed by atoms with Gasteiger partial charge < -0.3 is 15.2 Å². The average Bonchev–Trinajstić information content (AvgIpc) is 2.27. The molecule has 0 spiro atoms. The largest absolute Gasteiger partial charge is 0.490 e. The van der Waals surface area contributed by atoms with Crippen LogP contribution in [0.3, 0.4) is 0 Å². The van der Waals surface area contributed by atoms with E-state index in [1.807, 2.05) is 13.8 Å². The zero-order chi connectivity index (χ0) is 12.0. The molecule has 0 saturated carbocycles. The predicted octanol–water partition coefficient (Wildman–Crippen LogP) is 2.16. The fraction of sp³-hybridized carbons (Fsp3) is 0.417. The van der Waals surface area contributed by atoms with E-state index in [-0.39, 0.29) is 5.84 Å². The standard InChI is InChI=1S/C12H18N2O2/c1-3-7-16-10-6-5-9(12(13)14)8-11(10)15-4-2/h5-6,8H,3-4,7H2,1-2H3,(H3,13,14). The molecule has 0 aliphatic heterocycles. The first-order valence-electron chi connectivity index (χ1n) is 5.43. The van der Waals surface area contributed by atoms with Crippen LogP contribution in [0.4, 0.5) is 0 Å². The molecule has 88 valence electrons. The predicted molar refractivity (Wildman–Crippen MR) is 64.4 cm³/mol. The molecule has 4 heteroatoms. The van der Waals surface area contributed by atoms with E-state index >= 15 is 0 Å². The molecule has 0 unspecified atom stereocenters. The minimum absolute atomic E-state index is 0.0306. The van der Waals surface area contributed by atoms with Crippen LogP contribution in [0.1, 0.15) is 25.8 Å². The fourth-order valence-electron chi connectivity index (χ4n) is 1.28. The second kappa shape index (κ2) is 6.00. The summed E-state index contributed by atoms with van der Waals surface area (Å²) in [6.07, 6.45) is 0.944. The van der Waals surface area contributed by atoms with Crippen molar-refractivity contribution in [3.8, 4) is 11.5 Å². The molecule has 0 fully saturated rings. The van der Waals surface area contributed by atoms with Crippen molar-refractivity contribution in [1.82, 2.24) is 0 Å². The lowest BCUT2D eigenvalue weighted by Crippen LogP contribution is -2.11. The highest BCUT2D eigenvalue weighted by atomic mass is 16.5. The van der Waals surface area contributed by atoms with Crippen molar-refractivity contribution in [2.45, 2.75) is 20.3 Å². The van der Waals surface area contributed by atoms with Gasteiger partial charge in [-0.1, -0.05) is 6.92 Å². The van der Waals surface area contributed by atoms with Crippen molar-refractivity contribution in [1.29, 1.82) is 5.41 Å². The SMILES string of the molecule is CCCOc1ccc(C(=N)N)cc1OCC. The lowest BCUT2D eigenvalue weighted by Gasteiger charge is -2.12. The summed E-state index contributed by atoms with van der Waals surface area (Å²) in [5.74, 6) is 1.38. The van der Waals surface area contributed by atoms with E-state index in [0.29, 0.717) is 30.3 Å². The second-order valence-corrected chi connectivity index (χ2v) is 3.36. The molecule has 1 rings (SSSR count). The minimum atomic E-state index is 0.0306. The second-order valence-electron chi connectivity index (χ2n) is 3.36. The lowest BCUT2D eigenvalue weighted by molar-refractivity contribution is 0.277. The Morgan fingerprint density at radius 2 is 2.00 bits per heavy atom. The number of hydrogen-bond acceptors (Lipinski definition) is 3. The molecular weight excluding hydrogens is 204 g/mol. The Morgan fingerprint density at radius 3 is 2.56 bits per heavy atom. The Morgan fingerprint density at radius 1 is 1.25 bits per heavy atom. The summed E-state index contributed by atoms with van der Waals surface area (Å²) in [5.41, 5.74) is 6.06. The molecule has 0 amide bonds. The molecule has 0 aliphatic carbocycles. The topological polar surface area (TPSA) is 68.3 Å². The monoisotopic (exact) mass is 222 g/mol. The normalized spacial score (nSPS) is 9.88. The Balaban J connectivity index is 2.94. The molecule has 4 nitrogen and oxygen atoms in total. The highest BCUT2D eigenvalue weighted by Crippen LogP contribution is 2.28. The van der Waals surface area contributed by atoms with Crippen LogP contribution in [0, 0.1) is 5.41 Å². The molecule has 0 bridgehead atoms. The van der Waals surface area contributed by atoms with Crippen LogP contribution in [0.25, 0.3) is 0 Å². The Hall–Kier alpha value is -1.71. The minimum Gasteiger partial charge on any atom is -0.490 e. The van der Waals surface area contributed by atoms with Gasteiger partial charge in [-0.05, 0) is 31.5 Å². The molecular formula is C12H18N2O2. The highest BCUT2D eigenvalue weighted by Gasteiger charge is 2.07. The van der Waals surface area contributed by atoms with E-state index in [0.717, 1.165) is 6.42 Å². The van der Waals surface area contributed by atoms with E-state index in [9.17, 15) is 0 Å². The Labute approximate surface area is 95.9 Å². The van der Waals surface area contributed by atoms with E-state index in [1.54, 1.807) is 18.2 Å². The van der Waals surface area contributed by atoms with Crippen LogP contribution in [0.15, 0.2) is 18.2 Å². The summed E-state index contributed by atoms with van der Waals surface area (Å²) in [7, 11) is 0. The zero-order valence-electron chi connectivity index (χ0n) is 9.75. The van der Waals surface area contributed by atoms with E-state index in [4.69, 9.17) is 20.6 Å². The molecule has 0 radical (unpaired) electrons. The first-order valence-corrected chi connectivity index (χ1v) is 5.43. The fourth-order valence-corrected chi connectivity index (χ4v) is 1.28. The maximum atomic E-state index is 7.35. The van der Waals surface area contributed by atoms with Crippen molar-refractivity contribution in [3.63, 3.8) is 0 Å². The van der Waals surface area contributed by atoms with Gasteiger partial charge in [0.1, 0.15) is 5.84 Å². The smallest absolute Gasteiger partial charge is 0.161 e. The molecule has 0 aliphatic rings. The number of nitrogen functional groups attached to an aromatic ring is 1. The third-order valence-corrected chi connectivity index (χ3v) is 2.02. The molecule has 0 atom stereocenters. The van der Waals surface area contributed by atoms with Gasteiger partial charge in [0.05, 0.1) is 13.2 Å². The molecule has 1 aromatic rings. The summed E-state index contributed by atoms with van der Waals surface area (Å²) in [5, 5.41) is 7.35. The first kappa shape index (κ1) is 12.4. The van der Waals surface area contributed by atoms with Gasteiger partial charge in [0, 0.05) is 5.56 Å². The van der Waals surface area contributed by atoms with Crippen molar-refractivity contribution in [2.24, 2.45) is 5.73 Å². The number of benzene rings is 1. The maximum absolute atomic E-state index is 7.35. The number of hydrogen-bond donors (Lipinski definition) is 2. The Bertz CT molecular complexity index is 364. The van der Waals surface area contributed by atoms with Gasteiger partial charge in [0.2, 0.25) is 0 Å². The molecule has 3 N–H and O–H groups in total. The van der Waals surface area contributed by atoms with Crippen molar-refractivity contribution >= 4 is 5.84 Å². The molecule has 0 saturated heterocycles. The van der Waals surface area contributed by atoms with E-state index in [1.165, 1.54) is 0 Å². The van der Waals surface area contributed by atoms with Gasteiger partial charge in [-0.2, -0.15) is 0 Å². The number of rotatable bonds is 6. The van der Waals surface area contributed by atoms with E-state index in [2.05, 4.69) is 0 Å². The summed E-state index contributed by atoms with van der Waals surface area (Å²) in [6, 6.07) is 5.28. The quantitative estimate of drug-likeness (QED) is 0.572. The van der Waals surface area contributed by atoms with Gasteiger partial charge in [-0.3, -0.25) is 5.41 Å². The molecule has 1 aromatic carbocycles. The van der Waals surface area contributed by atoms with Gasteiger partial charge in [0.25, 0.3) is 0 Å². The summed E-state index contributed by atoms with van der Waals surface area (Å²) >= 11 is 0. The van der Waals surface area contributed by atoms with Gasteiger partial charge >= 0.3 is 0 Å². The third-order valence-electron chi connectivity index (χ3n) is 2.02. The summed E-state index contributed by atoms with van der Waals surface area (Å²) in [6.45, 7) is 5.16. The van der Waals surface area contributed by atoms with Crippen LogP contribution in [-0.2, 0) is 0 Å². The van der Waals surface area contributed by atoms with Crippen LogP contribution >= 0.6 is 0 Å². The lowest BCUT2D eigenvalue weighted by atomic mass is 10.2. The summed E-state index contributed by atoms with van der Waals surface area (Å²) in [4.78, 5) is 0. The highest BCUT2D eigenvalue weighted by molar-refractivity contribution is 5.95. The maximum Gasteiger partial charge on any atom is 0.161 e. The number of amidine groups is 1. The molecule has 0 aromatic heterocycles. The van der Waals surface area contributed by atoms with Gasteiger partial charge in [-0.25, -0.2) is 0 Å². The number of nitrogens with two attached hydrogens (primary N) is 1. The molecule has 0 heterocycles. The number of nitrogens with one attached hydrogen (secondary N) is 1. The van der Waals surface area contributed by atoms with Gasteiger partial charge in [-0.15, -0.1) is 0 Å². The first-order chi connectivity index (χ1) is 7.69. The van der Waals surface area contributed by atoms with Crippen molar-refractivity contribution in [3.05, 3.63) is 23.8 Å².